The number of aromatic amines is 1. The van der Waals surface area contributed by atoms with Crippen LogP contribution in [0.4, 0.5) is 11.5 Å². The standard InChI is InChI=1S/C24H22N8O/c1-31-14-28-19-10-15(6-7-21(19)31)24(33)25-9-8-16-12-32(20-5-3-2-4-17(16)20)23-18-11-29-30-22(18)26-13-27-23/h2-7,10-11,13-14,16H,8-9,12H2,1H3,(H,25,33)(H,26,27,29,30). The van der Waals surface area contributed by atoms with Gasteiger partial charge in [-0.3, -0.25) is 9.89 Å². The fraction of sp³-hybridized carbons (Fsp3) is 0.208. The molecule has 0 radical (unpaired) electrons. The predicted molar refractivity (Wildman–Crippen MR) is 126 cm³/mol. The molecule has 0 fully saturated rings. The van der Waals surface area contributed by atoms with Crippen LogP contribution in [0.15, 0.2) is 61.3 Å². The summed E-state index contributed by atoms with van der Waals surface area (Å²) in [5.74, 6) is 1.04. The Labute approximate surface area is 189 Å². The Hall–Kier alpha value is -4.27. The lowest BCUT2D eigenvalue weighted by Gasteiger charge is -2.19. The van der Waals surface area contributed by atoms with Crippen molar-refractivity contribution in [3.8, 4) is 0 Å². The van der Waals surface area contributed by atoms with E-state index in [-0.39, 0.29) is 11.8 Å². The van der Waals surface area contributed by atoms with E-state index in [1.54, 1.807) is 18.9 Å². The molecule has 9 nitrogen and oxygen atoms in total. The average molecular weight is 438 g/mol. The number of benzene rings is 2. The van der Waals surface area contributed by atoms with Gasteiger partial charge in [0.15, 0.2) is 5.65 Å². The van der Waals surface area contributed by atoms with Gasteiger partial charge in [-0.1, -0.05) is 18.2 Å². The minimum Gasteiger partial charge on any atom is -0.352 e. The summed E-state index contributed by atoms with van der Waals surface area (Å²) in [4.78, 5) is 28.1. The molecule has 3 aromatic heterocycles. The fourth-order valence-corrected chi connectivity index (χ4v) is 4.65. The molecule has 1 aliphatic rings. The molecule has 0 bridgehead atoms. The van der Waals surface area contributed by atoms with E-state index in [9.17, 15) is 4.79 Å². The second-order valence-electron chi connectivity index (χ2n) is 8.30. The van der Waals surface area contributed by atoms with Crippen LogP contribution in [0, 0.1) is 0 Å². The van der Waals surface area contributed by atoms with Crippen molar-refractivity contribution < 1.29 is 4.79 Å². The Balaban J connectivity index is 1.18. The first kappa shape index (κ1) is 19.4. The van der Waals surface area contributed by atoms with Crippen molar-refractivity contribution in [2.45, 2.75) is 12.3 Å². The summed E-state index contributed by atoms with van der Waals surface area (Å²) < 4.78 is 1.94. The third-order valence-corrected chi connectivity index (χ3v) is 6.32. The molecule has 1 unspecified atom stereocenters. The highest BCUT2D eigenvalue weighted by molar-refractivity contribution is 5.97. The van der Waals surface area contributed by atoms with Gasteiger partial charge in [0, 0.05) is 37.3 Å². The normalized spacial score (nSPS) is 15.3. The summed E-state index contributed by atoms with van der Waals surface area (Å²) >= 11 is 0. The second kappa shape index (κ2) is 7.70. The number of hydrogen-bond acceptors (Lipinski definition) is 6. The highest BCUT2D eigenvalue weighted by Crippen LogP contribution is 2.42. The summed E-state index contributed by atoms with van der Waals surface area (Å²) in [5, 5.41) is 11.0. The van der Waals surface area contributed by atoms with Crippen molar-refractivity contribution >= 4 is 39.5 Å². The van der Waals surface area contributed by atoms with E-state index in [1.165, 1.54) is 5.56 Å². The molecule has 5 aromatic rings. The molecular formula is C24H22N8O. The summed E-state index contributed by atoms with van der Waals surface area (Å²) in [7, 11) is 1.94. The Morgan fingerprint density at radius 3 is 3.03 bits per heavy atom. The number of hydrogen-bond donors (Lipinski definition) is 2. The number of carbonyl (C=O) groups excluding carboxylic acids is 1. The summed E-state index contributed by atoms with van der Waals surface area (Å²) in [6.45, 7) is 1.36. The number of para-hydroxylation sites is 1. The van der Waals surface area contributed by atoms with E-state index in [0.29, 0.717) is 12.1 Å². The van der Waals surface area contributed by atoms with Crippen molar-refractivity contribution in [1.29, 1.82) is 0 Å². The van der Waals surface area contributed by atoms with Gasteiger partial charge in [0.25, 0.3) is 5.91 Å². The zero-order valence-electron chi connectivity index (χ0n) is 18.1. The van der Waals surface area contributed by atoms with Crippen molar-refractivity contribution in [3.63, 3.8) is 0 Å². The van der Waals surface area contributed by atoms with E-state index in [1.807, 2.05) is 35.9 Å². The minimum absolute atomic E-state index is 0.0819. The summed E-state index contributed by atoms with van der Waals surface area (Å²) in [5.41, 5.74) is 5.56. The SMILES string of the molecule is Cn1cnc2cc(C(=O)NCCC3CN(c4ncnc5[nH]ncc45)c4ccccc43)ccc21. The number of fused-ring (bicyclic) bond motifs is 3. The van der Waals surface area contributed by atoms with Gasteiger partial charge in [0.05, 0.1) is 28.9 Å². The predicted octanol–water partition coefficient (Wildman–Crippen LogP) is 3.30. The number of carbonyl (C=O) groups is 1. The number of nitrogens with one attached hydrogen (secondary N) is 2. The van der Waals surface area contributed by atoms with Crippen LogP contribution >= 0.6 is 0 Å². The molecule has 0 saturated carbocycles. The van der Waals surface area contributed by atoms with Crippen LogP contribution in [-0.2, 0) is 7.05 Å². The van der Waals surface area contributed by atoms with Crippen molar-refractivity contribution in [1.82, 2.24) is 35.0 Å². The molecule has 0 saturated heterocycles. The van der Waals surface area contributed by atoms with Gasteiger partial charge >= 0.3 is 0 Å². The number of H-pyrrole nitrogens is 1. The highest BCUT2D eigenvalue weighted by atomic mass is 16.1. The number of amides is 1. The number of aromatic nitrogens is 6. The molecule has 164 valence electrons. The van der Waals surface area contributed by atoms with Crippen LogP contribution in [-0.4, -0.2) is 48.7 Å². The lowest BCUT2D eigenvalue weighted by molar-refractivity contribution is 0.0952. The Bertz CT molecular complexity index is 1490. The summed E-state index contributed by atoms with van der Waals surface area (Å²) in [6, 6.07) is 14.0. The molecule has 2 N–H and O–H groups in total. The maximum atomic E-state index is 12.7. The average Bonchev–Trinajstić information content (AvgIpc) is 3.56. The number of aryl methyl sites for hydroxylation is 1. The van der Waals surface area contributed by atoms with Gasteiger partial charge in [-0.15, -0.1) is 0 Å². The third kappa shape index (κ3) is 3.29. The Kier molecular flexibility index (Phi) is 4.53. The van der Waals surface area contributed by atoms with Crippen LogP contribution in [0.2, 0.25) is 0 Å². The lowest BCUT2D eigenvalue weighted by atomic mass is 9.98. The molecule has 9 heteroatoms. The highest BCUT2D eigenvalue weighted by Gasteiger charge is 2.31. The first-order valence-corrected chi connectivity index (χ1v) is 10.9. The third-order valence-electron chi connectivity index (χ3n) is 6.32. The molecule has 1 amide bonds. The fourth-order valence-electron chi connectivity index (χ4n) is 4.65. The van der Waals surface area contributed by atoms with E-state index in [2.05, 4.69) is 53.6 Å². The zero-order chi connectivity index (χ0) is 22.4. The van der Waals surface area contributed by atoms with E-state index in [0.717, 1.165) is 46.5 Å². The quantitative estimate of drug-likeness (QED) is 0.436. The molecular weight excluding hydrogens is 416 g/mol. The lowest BCUT2D eigenvalue weighted by Crippen LogP contribution is -2.26. The maximum absolute atomic E-state index is 12.7. The molecule has 4 heterocycles. The number of anilines is 2. The van der Waals surface area contributed by atoms with Crippen molar-refractivity contribution in [2.24, 2.45) is 7.05 Å². The van der Waals surface area contributed by atoms with Crippen molar-refractivity contribution in [2.75, 3.05) is 18.0 Å². The minimum atomic E-state index is -0.0819. The molecule has 0 spiro atoms. The first-order chi connectivity index (χ1) is 16.2. The maximum Gasteiger partial charge on any atom is 0.251 e. The Morgan fingerprint density at radius 1 is 1.18 bits per heavy atom. The largest absolute Gasteiger partial charge is 0.352 e. The molecule has 33 heavy (non-hydrogen) atoms. The van der Waals surface area contributed by atoms with Crippen LogP contribution in [0.25, 0.3) is 22.1 Å². The topological polar surface area (TPSA) is 105 Å². The van der Waals surface area contributed by atoms with Gasteiger partial charge in [0.1, 0.15) is 12.1 Å². The monoisotopic (exact) mass is 438 g/mol. The van der Waals surface area contributed by atoms with Gasteiger partial charge in [0.2, 0.25) is 0 Å². The molecule has 2 aromatic carbocycles. The van der Waals surface area contributed by atoms with Crippen LogP contribution < -0.4 is 10.2 Å². The zero-order valence-corrected chi connectivity index (χ0v) is 18.1. The van der Waals surface area contributed by atoms with Gasteiger partial charge in [-0.2, -0.15) is 5.10 Å². The molecule has 1 aliphatic heterocycles. The van der Waals surface area contributed by atoms with Gasteiger partial charge < -0.3 is 14.8 Å². The van der Waals surface area contributed by atoms with E-state index in [4.69, 9.17) is 0 Å². The van der Waals surface area contributed by atoms with Crippen LogP contribution in [0.3, 0.4) is 0 Å². The van der Waals surface area contributed by atoms with Crippen molar-refractivity contribution in [3.05, 3.63) is 72.4 Å². The molecule has 0 aliphatic carbocycles. The van der Waals surface area contributed by atoms with Gasteiger partial charge in [-0.05, 0) is 36.2 Å². The Morgan fingerprint density at radius 2 is 2.09 bits per heavy atom. The molecule has 1 atom stereocenters. The second-order valence-corrected chi connectivity index (χ2v) is 8.30. The smallest absolute Gasteiger partial charge is 0.251 e. The van der Waals surface area contributed by atoms with Crippen LogP contribution in [0.1, 0.15) is 28.3 Å². The summed E-state index contributed by atoms with van der Waals surface area (Å²) in [6.07, 6.45) is 5.90. The molecule has 6 rings (SSSR count). The van der Waals surface area contributed by atoms with E-state index < -0.39 is 0 Å². The number of rotatable bonds is 5. The van der Waals surface area contributed by atoms with Crippen LogP contribution in [0.5, 0.6) is 0 Å². The van der Waals surface area contributed by atoms with E-state index >= 15 is 0 Å². The van der Waals surface area contributed by atoms with Gasteiger partial charge in [-0.25, -0.2) is 15.0 Å². The number of nitrogens with zero attached hydrogens (tertiary/aromatic N) is 6. The number of imidazole rings is 1. The first-order valence-electron chi connectivity index (χ1n) is 10.9.